The van der Waals surface area contributed by atoms with Crippen molar-refractivity contribution in [2.24, 2.45) is 0 Å². The number of aryl methyl sites for hydroxylation is 1. The summed E-state index contributed by atoms with van der Waals surface area (Å²) in [5.74, 6) is 0. The van der Waals surface area contributed by atoms with Gasteiger partial charge in [0.05, 0.1) is 0 Å². The number of fused-ring (bicyclic) bond motifs is 3. The number of halogens is 1. The van der Waals surface area contributed by atoms with Gasteiger partial charge < -0.3 is 15.2 Å². The number of nitrogens with zero attached hydrogens (tertiary/aromatic N) is 1. The molecule has 0 bridgehead atoms. The Labute approximate surface area is 147 Å². The second kappa shape index (κ2) is 6.96. The highest BCUT2D eigenvalue weighted by atomic mass is 79.9. The van der Waals surface area contributed by atoms with Crippen molar-refractivity contribution in [3.63, 3.8) is 0 Å². The number of benzene rings is 1. The van der Waals surface area contributed by atoms with E-state index in [2.05, 4.69) is 49.3 Å². The molecule has 2 heterocycles. The van der Waals surface area contributed by atoms with Crippen LogP contribution in [0.2, 0.25) is 0 Å². The van der Waals surface area contributed by atoms with Gasteiger partial charge in [-0.3, -0.25) is 0 Å². The second-order valence-corrected chi connectivity index (χ2v) is 7.92. The number of rotatable bonds is 4. The fourth-order valence-corrected chi connectivity index (χ4v) is 4.58. The molecule has 0 spiro atoms. The second-order valence-electron chi connectivity index (χ2n) is 7.01. The Kier molecular flexibility index (Phi) is 4.74. The van der Waals surface area contributed by atoms with Crippen LogP contribution in [0.25, 0.3) is 10.9 Å². The zero-order chi connectivity index (χ0) is 15.6. The van der Waals surface area contributed by atoms with Crippen LogP contribution in [0.4, 0.5) is 0 Å². The quantitative estimate of drug-likeness (QED) is 0.830. The lowest BCUT2D eigenvalue weighted by Gasteiger charge is -2.29. The summed E-state index contributed by atoms with van der Waals surface area (Å²) in [6, 6.07) is 7.08. The molecule has 124 valence electrons. The number of aromatic nitrogens is 1. The van der Waals surface area contributed by atoms with Gasteiger partial charge in [0.25, 0.3) is 0 Å². The molecule has 1 aromatic carbocycles. The molecule has 0 saturated carbocycles. The first-order valence-corrected chi connectivity index (χ1v) is 9.86. The molecule has 4 rings (SSSR count). The van der Waals surface area contributed by atoms with Gasteiger partial charge in [0.2, 0.25) is 0 Å². The first-order valence-electron chi connectivity index (χ1n) is 9.07. The van der Waals surface area contributed by atoms with Crippen LogP contribution in [0.5, 0.6) is 0 Å². The summed E-state index contributed by atoms with van der Waals surface area (Å²) in [4.78, 5) is 6.30. The number of piperidine rings is 1. The highest BCUT2D eigenvalue weighted by molar-refractivity contribution is 9.10. The molecule has 1 atom stereocenters. The molecule has 1 aromatic heterocycles. The van der Waals surface area contributed by atoms with Crippen LogP contribution in [0, 0.1) is 0 Å². The molecule has 4 heteroatoms. The number of aromatic amines is 1. The van der Waals surface area contributed by atoms with Crippen LogP contribution in [0.15, 0.2) is 22.7 Å². The maximum Gasteiger partial charge on any atom is 0.0476 e. The van der Waals surface area contributed by atoms with E-state index < -0.39 is 0 Å². The van der Waals surface area contributed by atoms with E-state index in [-0.39, 0.29) is 0 Å². The lowest BCUT2D eigenvalue weighted by Crippen LogP contribution is -2.37. The first-order chi connectivity index (χ1) is 11.3. The van der Waals surface area contributed by atoms with Gasteiger partial charge in [-0.05, 0) is 69.0 Å². The van der Waals surface area contributed by atoms with Gasteiger partial charge in [-0.2, -0.15) is 0 Å². The Morgan fingerprint density at radius 3 is 2.91 bits per heavy atom. The number of H-pyrrole nitrogens is 1. The molecule has 1 aliphatic carbocycles. The summed E-state index contributed by atoms with van der Waals surface area (Å²) in [5.41, 5.74) is 4.24. The number of hydrogen-bond donors (Lipinski definition) is 2. The Morgan fingerprint density at radius 1 is 1.17 bits per heavy atom. The Hall–Kier alpha value is -0.840. The molecular weight excluding hydrogens is 350 g/mol. The molecule has 0 radical (unpaired) electrons. The van der Waals surface area contributed by atoms with Crippen molar-refractivity contribution in [3.05, 3.63) is 33.9 Å². The van der Waals surface area contributed by atoms with Crippen molar-refractivity contribution in [1.82, 2.24) is 15.2 Å². The Bertz CT molecular complexity index is 673. The summed E-state index contributed by atoms with van der Waals surface area (Å²) in [7, 11) is 0. The van der Waals surface area contributed by atoms with Gasteiger partial charge in [0.15, 0.2) is 0 Å². The zero-order valence-corrected chi connectivity index (χ0v) is 15.3. The average molecular weight is 376 g/mol. The van der Waals surface area contributed by atoms with Crippen LogP contribution in [0.1, 0.15) is 49.4 Å². The van der Waals surface area contributed by atoms with Crippen molar-refractivity contribution in [1.29, 1.82) is 0 Å². The van der Waals surface area contributed by atoms with Crippen LogP contribution < -0.4 is 5.32 Å². The predicted molar refractivity (Wildman–Crippen MR) is 100.0 cm³/mol. The first kappa shape index (κ1) is 15.7. The number of nitrogens with one attached hydrogen (secondary N) is 2. The van der Waals surface area contributed by atoms with E-state index in [1.165, 1.54) is 84.8 Å². The van der Waals surface area contributed by atoms with E-state index >= 15 is 0 Å². The van der Waals surface area contributed by atoms with E-state index in [1.807, 2.05) is 0 Å². The van der Waals surface area contributed by atoms with Crippen LogP contribution in [-0.2, 0) is 6.42 Å². The third-order valence-electron chi connectivity index (χ3n) is 5.44. The maximum atomic E-state index is 3.82. The SMILES string of the molecule is Brc1ccc2[nH]c3c(c2c1)CCCC3NCCN1CCCCC1. The van der Waals surface area contributed by atoms with Gasteiger partial charge in [-0.25, -0.2) is 0 Å². The van der Waals surface area contributed by atoms with Crippen LogP contribution >= 0.6 is 15.9 Å². The lowest BCUT2D eigenvalue weighted by molar-refractivity contribution is 0.225. The van der Waals surface area contributed by atoms with Crippen molar-refractivity contribution < 1.29 is 0 Å². The van der Waals surface area contributed by atoms with Gasteiger partial charge in [0, 0.05) is 40.2 Å². The molecule has 1 saturated heterocycles. The topological polar surface area (TPSA) is 31.1 Å². The van der Waals surface area contributed by atoms with E-state index in [4.69, 9.17) is 0 Å². The van der Waals surface area contributed by atoms with Crippen molar-refractivity contribution in [3.8, 4) is 0 Å². The molecular formula is C19H26BrN3. The largest absolute Gasteiger partial charge is 0.357 e. The predicted octanol–water partition coefficient (Wildman–Crippen LogP) is 4.38. The monoisotopic (exact) mass is 375 g/mol. The van der Waals surface area contributed by atoms with Crippen LogP contribution in [0.3, 0.4) is 0 Å². The molecule has 2 N–H and O–H groups in total. The highest BCUT2D eigenvalue weighted by Crippen LogP contribution is 2.35. The fourth-order valence-electron chi connectivity index (χ4n) is 4.22. The van der Waals surface area contributed by atoms with E-state index in [0.717, 1.165) is 6.54 Å². The maximum absolute atomic E-state index is 3.82. The van der Waals surface area contributed by atoms with Gasteiger partial charge in [-0.15, -0.1) is 0 Å². The average Bonchev–Trinajstić information content (AvgIpc) is 2.95. The molecule has 0 amide bonds. The molecule has 2 aromatic rings. The summed E-state index contributed by atoms with van der Waals surface area (Å²) in [6.07, 6.45) is 7.92. The molecule has 1 unspecified atom stereocenters. The standard InChI is InChI=1S/C19H26BrN3/c20-14-7-8-17-16(13-14)15-5-4-6-18(19(15)22-17)21-9-12-23-10-2-1-3-11-23/h7-8,13,18,21-22H,1-6,9-12H2. The highest BCUT2D eigenvalue weighted by Gasteiger charge is 2.24. The Morgan fingerprint density at radius 2 is 2.04 bits per heavy atom. The minimum atomic E-state index is 0.495. The van der Waals surface area contributed by atoms with Gasteiger partial charge >= 0.3 is 0 Å². The molecule has 1 aliphatic heterocycles. The molecule has 23 heavy (non-hydrogen) atoms. The van der Waals surface area contributed by atoms with Gasteiger partial charge in [-0.1, -0.05) is 22.4 Å². The minimum Gasteiger partial charge on any atom is -0.357 e. The van der Waals surface area contributed by atoms with Gasteiger partial charge in [0.1, 0.15) is 0 Å². The number of hydrogen-bond acceptors (Lipinski definition) is 2. The van der Waals surface area contributed by atoms with Crippen molar-refractivity contribution in [2.45, 2.75) is 44.6 Å². The lowest BCUT2D eigenvalue weighted by atomic mass is 9.91. The smallest absolute Gasteiger partial charge is 0.0476 e. The molecule has 1 fully saturated rings. The summed E-state index contributed by atoms with van der Waals surface area (Å²) in [6.45, 7) is 4.87. The molecule has 3 nitrogen and oxygen atoms in total. The van der Waals surface area contributed by atoms with Crippen LogP contribution in [-0.4, -0.2) is 36.1 Å². The third kappa shape index (κ3) is 3.35. The third-order valence-corrected chi connectivity index (χ3v) is 5.93. The van der Waals surface area contributed by atoms with E-state index in [9.17, 15) is 0 Å². The zero-order valence-electron chi connectivity index (χ0n) is 13.7. The minimum absolute atomic E-state index is 0.495. The Balaban J connectivity index is 1.46. The number of likely N-dealkylation sites (tertiary alicyclic amines) is 1. The summed E-state index contributed by atoms with van der Waals surface area (Å²) >= 11 is 3.61. The summed E-state index contributed by atoms with van der Waals surface area (Å²) < 4.78 is 1.17. The van der Waals surface area contributed by atoms with E-state index in [1.54, 1.807) is 0 Å². The molecule has 2 aliphatic rings. The summed E-state index contributed by atoms with van der Waals surface area (Å²) in [5, 5.41) is 5.22. The van der Waals surface area contributed by atoms with E-state index in [0.29, 0.717) is 6.04 Å². The van der Waals surface area contributed by atoms with Crippen molar-refractivity contribution in [2.75, 3.05) is 26.2 Å². The fraction of sp³-hybridized carbons (Fsp3) is 0.579. The normalized spacial score (nSPS) is 22.4. The van der Waals surface area contributed by atoms with Crippen molar-refractivity contribution >= 4 is 26.8 Å².